The van der Waals surface area contributed by atoms with Gasteiger partial charge in [-0.1, -0.05) is 13.8 Å². The van der Waals surface area contributed by atoms with Gasteiger partial charge in [-0.3, -0.25) is 4.79 Å². The van der Waals surface area contributed by atoms with E-state index in [0.29, 0.717) is 0 Å². The summed E-state index contributed by atoms with van der Waals surface area (Å²) in [5.41, 5.74) is 5.88. The van der Waals surface area contributed by atoms with Crippen LogP contribution in [0.15, 0.2) is 0 Å². The molecule has 1 saturated heterocycles. The maximum absolute atomic E-state index is 12.0. The van der Waals surface area contributed by atoms with Gasteiger partial charge in [-0.05, 0) is 19.8 Å². The van der Waals surface area contributed by atoms with Gasteiger partial charge in [-0.2, -0.15) is 11.8 Å². The molecule has 15 heavy (non-hydrogen) atoms. The molecule has 0 aliphatic carbocycles. The maximum Gasteiger partial charge on any atom is 0.239 e. The van der Waals surface area contributed by atoms with Crippen LogP contribution in [0.25, 0.3) is 0 Å². The van der Waals surface area contributed by atoms with Crippen LogP contribution in [0.3, 0.4) is 0 Å². The predicted octanol–water partition coefficient (Wildman–Crippen LogP) is 1.32. The van der Waals surface area contributed by atoms with Crippen molar-refractivity contribution in [1.82, 2.24) is 4.90 Å². The molecule has 1 aliphatic rings. The van der Waals surface area contributed by atoms with E-state index in [9.17, 15) is 4.79 Å². The molecule has 0 saturated carbocycles. The zero-order valence-electron chi connectivity index (χ0n) is 10.1. The second kappa shape index (κ2) is 4.74. The van der Waals surface area contributed by atoms with Crippen LogP contribution in [0.4, 0.5) is 0 Å². The molecule has 1 aliphatic heterocycles. The Labute approximate surface area is 96.8 Å². The Hall–Kier alpha value is -0.220. The van der Waals surface area contributed by atoms with Gasteiger partial charge in [-0.15, -0.1) is 0 Å². The molecule has 1 fully saturated rings. The third kappa shape index (κ3) is 3.38. The molecular weight excluding hydrogens is 208 g/mol. The van der Waals surface area contributed by atoms with Gasteiger partial charge < -0.3 is 10.6 Å². The summed E-state index contributed by atoms with van der Waals surface area (Å²) in [7, 11) is 0. The maximum atomic E-state index is 12.0. The monoisotopic (exact) mass is 230 g/mol. The van der Waals surface area contributed by atoms with Crippen LogP contribution < -0.4 is 5.73 Å². The Kier molecular flexibility index (Phi) is 4.06. The topological polar surface area (TPSA) is 46.3 Å². The van der Waals surface area contributed by atoms with Crippen molar-refractivity contribution in [3.8, 4) is 0 Å². The molecule has 3 nitrogen and oxygen atoms in total. The highest BCUT2D eigenvalue weighted by Crippen LogP contribution is 2.29. The number of nitrogens with two attached hydrogens (primary N) is 1. The Morgan fingerprint density at radius 1 is 1.47 bits per heavy atom. The first-order valence-corrected chi connectivity index (χ1v) is 6.50. The van der Waals surface area contributed by atoms with Gasteiger partial charge in [0.15, 0.2) is 0 Å². The van der Waals surface area contributed by atoms with Crippen LogP contribution in [0.1, 0.15) is 27.7 Å². The highest BCUT2D eigenvalue weighted by atomic mass is 32.2. The number of carbonyl (C=O) groups excluding carboxylic acids is 1. The second-order valence-electron chi connectivity index (χ2n) is 5.14. The Balaban J connectivity index is 2.60. The van der Waals surface area contributed by atoms with Gasteiger partial charge in [0.05, 0.1) is 6.04 Å². The van der Waals surface area contributed by atoms with Gasteiger partial charge in [0.1, 0.15) is 0 Å². The molecule has 1 rings (SSSR count). The first kappa shape index (κ1) is 12.8. The van der Waals surface area contributed by atoms with Gasteiger partial charge in [-0.25, -0.2) is 0 Å². The number of thioether (sulfide) groups is 1. The smallest absolute Gasteiger partial charge is 0.239 e. The summed E-state index contributed by atoms with van der Waals surface area (Å²) in [4.78, 5) is 13.9. The van der Waals surface area contributed by atoms with Crippen LogP contribution in [0.2, 0.25) is 0 Å². The zero-order valence-corrected chi connectivity index (χ0v) is 10.9. The van der Waals surface area contributed by atoms with Crippen molar-refractivity contribution < 1.29 is 4.79 Å². The number of rotatable bonds is 2. The molecule has 1 atom stereocenters. The van der Waals surface area contributed by atoms with E-state index in [1.807, 2.05) is 30.5 Å². The molecule has 0 aromatic carbocycles. The standard InChI is InChI=1S/C11H22N2OS/c1-8(2)9(12)10(14)13-5-6-15-11(3,4)7-13/h8-9H,5-7,12H2,1-4H3. The van der Waals surface area contributed by atoms with Crippen molar-refractivity contribution >= 4 is 17.7 Å². The molecule has 0 aromatic heterocycles. The van der Waals surface area contributed by atoms with Crippen molar-refractivity contribution in [3.05, 3.63) is 0 Å². The Morgan fingerprint density at radius 3 is 2.53 bits per heavy atom. The number of carbonyl (C=O) groups is 1. The largest absolute Gasteiger partial charge is 0.339 e. The summed E-state index contributed by atoms with van der Waals surface area (Å²) in [5.74, 6) is 1.34. The molecule has 88 valence electrons. The summed E-state index contributed by atoms with van der Waals surface area (Å²) < 4.78 is 0.171. The number of hydrogen-bond donors (Lipinski definition) is 1. The lowest BCUT2D eigenvalue weighted by molar-refractivity contribution is -0.133. The van der Waals surface area contributed by atoms with E-state index in [1.165, 1.54) is 0 Å². The lowest BCUT2D eigenvalue weighted by Gasteiger charge is -2.39. The molecule has 0 radical (unpaired) electrons. The number of amides is 1. The van der Waals surface area contributed by atoms with Crippen molar-refractivity contribution in [2.45, 2.75) is 38.5 Å². The predicted molar refractivity (Wildman–Crippen MR) is 65.9 cm³/mol. The lowest BCUT2D eigenvalue weighted by Crippen LogP contribution is -2.53. The normalized spacial score (nSPS) is 22.9. The quantitative estimate of drug-likeness (QED) is 0.778. The van der Waals surface area contributed by atoms with Gasteiger partial charge in [0, 0.05) is 23.6 Å². The fourth-order valence-electron chi connectivity index (χ4n) is 1.70. The number of nitrogens with zero attached hydrogens (tertiary/aromatic N) is 1. The average molecular weight is 230 g/mol. The van der Waals surface area contributed by atoms with Crippen LogP contribution >= 0.6 is 11.8 Å². The zero-order chi connectivity index (χ0) is 11.6. The minimum absolute atomic E-state index is 0.110. The molecule has 4 heteroatoms. The molecule has 0 spiro atoms. The van der Waals surface area contributed by atoms with Crippen LogP contribution in [-0.2, 0) is 4.79 Å². The third-order valence-electron chi connectivity index (χ3n) is 2.74. The fraction of sp³-hybridized carbons (Fsp3) is 0.909. The molecular formula is C11H22N2OS. The average Bonchev–Trinajstić information content (AvgIpc) is 2.13. The van der Waals surface area contributed by atoms with Crippen LogP contribution in [-0.4, -0.2) is 40.4 Å². The summed E-state index contributed by atoms with van der Waals surface area (Å²) in [6, 6.07) is -0.344. The van der Waals surface area contributed by atoms with Crippen molar-refractivity contribution in [2.75, 3.05) is 18.8 Å². The Bertz CT molecular complexity index is 241. The van der Waals surface area contributed by atoms with E-state index in [1.54, 1.807) is 0 Å². The van der Waals surface area contributed by atoms with E-state index in [0.717, 1.165) is 18.8 Å². The van der Waals surface area contributed by atoms with Crippen molar-refractivity contribution in [3.63, 3.8) is 0 Å². The second-order valence-corrected chi connectivity index (χ2v) is 6.94. The van der Waals surface area contributed by atoms with Crippen LogP contribution in [0.5, 0.6) is 0 Å². The SMILES string of the molecule is CC(C)C(N)C(=O)N1CCSC(C)(C)C1. The van der Waals surface area contributed by atoms with Gasteiger partial charge in [0.2, 0.25) is 5.91 Å². The molecule has 0 aromatic rings. The highest BCUT2D eigenvalue weighted by molar-refractivity contribution is 8.00. The van der Waals surface area contributed by atoms with E-state index >= 15 is 0 Å². The van der Waals surface area contributed by atoms with E-state index in [-0.39, 0.29) is 22.6 Å². The van der Waals surface area contributed by atoms with Gasteiger partial charge in [0.25, 0.3) is 0 Å². The summed E-state index contributed by atoms with van der Waals surface area (Å²) in [6.07, 6.45) is 0. The summed E-state index contributed by atoms with van der Waals surface area (Å²) in [5, 5.41) is 0. The summed E-state index contributed by atoms with van der Waals surface area (Å²) in [6.45, 7) is 10.00. The first-order chi connectivity index (χ1) is 6.83. The number of hydrogen-bond acceptors (Lipinski definition) is 3. The molecule has 1 unspecified atom stereocenters. The first-order valence-electron chi connectivity index (χ1n) is 5.52. The third-order valence-corrected chi connectivity index (χ3v) is 4.04. The van der Waals surface area contributed by atoms with E-state index in [2.05, 4.69) is 13.8 Å². The molecule has 1 amide bonds. The fourth-order valence-corrected chi connectivity index (χ4v) is 2.81. The molecule has 1 heterocycles. The van der Waals surface area contributed by atoms with Crippen molar-refractivity contribution in [2.24, 2.45) is 11.7 Å². The Morgan fingerprint density at radius 2 is 2.07 bits per heavy atom. The lowest BCUT2D eigenvalue weighted by atomic mass is 10.0. The highest BCUT2D eigenvalue weighted by Gasteiger charge is 2.32. The minimum Gasteiger partial charge on any atom is -0.339 e. The van der Waals surface area contributed by atoms with E-state index in [4.69, 9.17) is 5.73 Å². The minimum atomic E-state index is -0.344. The molecule has 0 bridgehead atoms. The summed E-state index contributed by atoms with van der Waals surface area (Å²) >= 11 is 1.93. The van der Waals surface area contributed by atoms with E-state index < -0.39 is 0 Å². The van der Waals surface area contributed by atoms with Crippen LogP contribution in [0, 0.1) is 5.92 Å². The van der Waals surface area contributed by atoms with Crippen molar-refractivity contribution in [1.29, 1.82) is 0 Å². The van der Waals surface area contributed by atoms with Gasteiger partial charge >= 0.3 is 0 Å². The molecule has 2 N–H and O–H groups in total.